The maximum absolute atomic E-state index is 14.2. The summed E-state index contributed by atoms with van der Waals surface area (Å²) < 4.78 is 90.6. The maximum atomic E-state index is 14.2. The van der Waals surface area contributed by atoms with E-state index in [9.17, 15) is 31.1 Å². The quantitative estimate of drug-likeness (QED) is 0.236. The minimum atomic E-state index is -5.00. The summed E-state index contributed by atoms with van der Waals surface area (Å²) in [7, 11) is 0. The van der Waals surface area contributed by atoms with Crippen molar-refractivity contribution >= 4 is 23.8 Å². The fraction of sp³-hybridized carbons (Fsp3) is 0.433. The Morgan fingerprint density at radius 1 is 0.977 bits per heavy atom. The van der Waals surface area contributed by atoms with E-state index in [4.69, 9.17) is 9.72 Å². The number of nitrogens with zero attached hydrogens (tertiary/aromatic N) is 4. The van der Waals surface area contributed by atoms with Crippen LogP contribution in [0.25, 0.3) is 11.3 Å². The molecule has 1 aromatic heterocycles. The van der Waals surface area contributed by atoms with Crippen molar-refractivity contribution in [2.45, 2.75) is 51.1 Å². The van der Waals surface area contributed by atoms with Gasteiger partial charge in [0.25, 0.3) is 5.91 Å². The molecule has 3 heterocycles. The number of benzene rings is 2. The Bertz CT molecular complexity index is 1480. The zero-order valence-electron chi connectivity index (χ0n) is 24.1. The summed E-state index contributed by atoms with van der Waals surface area (Å²) in [5.74, 6) is -0.220. The number of fused-ring (bicyclic) bond motifs is 1. The van der Waals surface area contributed by atoms with Crippen LogP contribution >= 0.6 is 11.9 Å². The van der Waals surface area contributed by atoms with E-state index in [0.29, 0.717) is 54.9 Å². The predicted molar refractivity (Wildman–Crippen MR) is 155 cm³/mol. The standard InChI is InChI=1S/C30H31F6N5O2S/c1-18-6-3-4-7-23(18)25-24-26(38-28(37-25)40-11-8-22(9-12-40)39-44-2)43-13-5-10-41(27(24)42)17-19-14-20(29(31,32)33)16-21(15-19)30(34,35)36/h3-4,6-7,14-16,22,39H,5,8-13,17H2,1-2H3. The van der Waals surface area contributed by atoms with E-state index in [0.717, 1.165) is 18.4 Å². The molecule has 3 aromatic rings. The smallest absolute Gasteiger partial charge is 0.416 e. The van der Waals surface area contributed by atoms with Crippen LogP contribution in [0.3, 0.4) is 0 Å². The van der Waals surface area contributed by atoms with E-state index in [1.807, 2.05) is 30.2 Å². The summed E-state index contributed by atoms with van der Waals surface area (Å²) >= 11 is 1.56. The second-order valence-electron chi connectivity index (χ2n) is 10.8. The van der Waals surface area contributed by atoms with Crippen molar-refractivity contribution < 1.29 is 35.9 Å². The molecule has 236 valence electrons. The van der Waals surface area contributed by atoms with Crippen molar-refractivity contribution in [3.8, 4) is 17.1 Å². The molecule has 1 N–H and O–H groups in total. The number of hydrogen-bond acceptors (Lipinski definition) is 7. The normalized spacial score (nSPS) is 16.8. The van der Waals surface area contributed by atoms with Crippen molar-refractivity contribution in [2.24, 2.45) is 0 Å². The van der Waals surface area contributed by atoms with Gasteiger partial charge >= 0.3 is 12.4 Å². The highest BCUT2D eigenvalue weighted by Gasteiger charge is 2.38. The molecule has 44 heavy (non-hydrogen) atoms. The first-order chi connectivity index (χ1) is 20.8. The molecule has 2 aliphatic heterocycles. The summed E-state index contributed by atoms with van der Waals surface area (Å²) in [6.45, 7) is 2.90. The van der Waals surface area contributed by atoms with Crippen LogP contribution in [0, 0.1) is 6.92 Å². The van der Waals surface area contributed by atoms with Gasteiger partial charge in [-0.3, -0.25) is 9.52 Å². The molecule has 0 aliphatic carbocycles. The Morgan fingerprint density at radius 2 is 1.64 bits per heavy atom. The molecule has 2 aromatic carbocycles. The van der Waals surface area contributed by atoms with Gasteiger partial charge in [0.05, 0.1) is 23.4 Å². The highest BCUT2D eigenvalue weighted by molar-refractivity contribution is 7.96. The molecule has 5 rings (SSSR count). The topological polar surface area (TPSA) is 70.6 Å². The van der Waals surface area contributed by atoms with E-state index < -0.39 is 35.9 Å². The molecule has 0 unspecified atom stereocenters. The number of amides is 1. The molecular weight excluding hydrogens is 608 g/mol. The van der Waals surface area contributed by atoms with Gasteiger partial charge in [-0.25, -0.2) is 4.98 Å². The summed E-state index contributed by atoms with van der Waals surface area (Å²) in [4.78, 5) is 26.9. The van der Waals surface area contributed by atoms with Crippen LogP contribution in [-0.4, -0.2) is 59.3 Å². The molecule has 0 radical (unpaired) electrons. The number of hydrogen-bond donors (Lipinski definition) is 1. The van der Waals surface area contributed by atoms with E-state index in [1.165, 1.54) is 4.90 Å². The van der Waals surface area contributed by atoms with Crippen LogP contribution in [0.15, 0.2) is 42.5 Å². The Kier molecular flexibility index (Phi) is 9.30. The Labute approximate surface area is 255 Å². The van der Waals surface area contributed by atoms with Gasteiger partial charge in [0.2, 0.25) is 11.8 Å². The van der Waals surface area contributed by atoms with Gasteiger partial charge in [0.1, 0.15) is 5.56 Å². The van der Waals surface area contributed by atoms with Crippen LogP contribution in [0.4, 0.5) is 32.3 Å². The zero-order chi connectivity index (χ0) is 31.6. The van der Waals surface area contributed by atoms with Gasteiger partial charge in [0, 0.05) is 37.8 Å². The summed E-state index contributed by atoms with van der Waals surface area (Å²) in [6.07, 6.45) is -6.03. The fourth-order valence-corrected chi connectivity index (χ4v) is 6.00. The second kappa shape index (κ2) is 12.8. The number of ether oxygens (including phenoxy) is 1. The minimum Gasteiger partial charge on any atom is -0.477 e. The Hall–Kier alpha value is -3.52. The number of carbonyl (C=O) groups is 1. The van der Waals surface area contributed by atoms with Crippen LogP contribution in [0.5, 0.6) is 5.88 Å². The van der Waals surface area contributed by atoms with E-state index in [2.05, 4.69) is 9.71 Å². The number of halogens is 6. The monoisotopic (exact) mass is 639 g/mol. The largest absolute Gasteiger partial charge is 0.477 e. The first-order valence-corrected chi connectivity index (χ1v) is 15.3. The molecule has 7 nitrogen and oxygen atoms in total. The zero-order valence-corrected chi connectivity index (χ0v) is 24.9. The third-order valence-corrected chi connectivity index (χ3v) is 8.23. The average molecular weight is 640 g/mol. The molecule has 0 spiro atoms. The van der Waals surface area contributed by atoms with Gasteiger partial charge in [0.15, 0.2) is 0 Å². The summed E-state index contributed by atoms with van der Waals surface area (Å²) in [5, 5.41) is 0. The summed E-state index contributed by atoms with van der Waals surface area (Å²) in [6, 6.07) is 9.00. The van der Waals surface area contributed by atoms with Crippen molar-refractivity contribution in [3.63, 3.8) is 0 Å². The second-order valence-corrected chi connectivity index (χ2v) is 11.4. The number of piperidine rings is 1. The molecule has 2 aliphatic rings. The summed E-state index contributed by atoms with van der Waals surface area (Å²) in [5.41, 5.74) is -1.39. The predicted octanol–water partition coefficient (Wildman–Crippen LogP) is 6.75. The van der Waals surface area contributed by atoms with Gasteiger partial charge < -0.3 is 14.5 Å². The number of anilines is 1. The van der Waals surface area contributed by atoms with Crippen LogP contribution in [0.1, 0.15) is 51.9 Å². The molecule has 14 heteroatoms. The van der Waals surface area contributed by atoms with Gasteiger partial charge in [-0.05, 0) is 61.8 Å². The van der Waals surface area contributed by atoms with Gasteiger partial charge in [-0.2, -0.15) is 31.3 Å². The molecule has 0 bridgehead atoms. The first-order valence-electron chi connectivity index (χ1n) is 14.1. The highest BCUT2D eigenvalue weighted by atomic mass is 32.2. The Morgan fingerprint density at radius 3 is 2.25 bits per heavy atom. The lowest BCUT2D eigenvalue weighted by molar-refractivity contribution is -0.143. The lowest BCUT2D eigenvalue weighted by atomic mass is 10.00. The molecule has 0 saturated carbocycles. The SMILES string of the molecule is CSNC1CCN(c2nc3c(c(-c4ccccc4C)n2)C(=O)N(Cc2cc(C(F)(F)F)cc(C(F)(F)F)c2)CCCO3)CC1. The molecule has 1 amide bonds. The number of aromatic nitrogens is 2. The van der Waals surface area contributed by atoms with E-state index >= 15 is 0 Å². The minimum absolute atomic E-state index is 0.0182. The molecular formula is C30H31F6N5O2S. The number of aryl methyl sites for hydroxylation is 1. The van der Waals surface area contributed by atoms with Crippen LogP contribution < -0.4 is 14.4 Å². The lowest BCUT2D eigenvalue weighted by Gasteiger charge is -2.33. The first kappa shape index (κ1) is 31.9. The van der Waals surface area contributed by atoms with Crippen molar-refractivity contribution in [1.82, 2.24) is 19.6 Å². The molecule has 1 fully saturated rings. The number of rotatable bonds is 6. The highest BCUT2D eigenvalue weighted by Crippen LogP contribution is 2.38. The lowest BCUT2D eigenvalue weighted by Crippen LogP contribution is -2.41. The van der Waals surface area contributed by atoms with E-state index in [-0.39, 0.29) is 36.2 Å². The van der Waals surface area contributed by atoms with Crippen molar-refractivity contribution in [2.75, 3.05) is 37.4 Å². The van der Waals surface area contributed by atoms with Crippen LogP contribution in [0.2, 0.25) is 0 Å². The Balaban J connectivity index is 1.57. The molecule has 0 atom stereocenters. The number of alkyl halides is 6. The third kappa shape index (κ3) is 7.06. The maximum Gasteiger partial charge on any atom is 0.416 e. The third-order valence-electron chi connectivity index (χ3n) is 7.66. The fourth-order valence-electron chi connectivity index (χ4n) is 5.43. The number of nitrogens with one attached hydrogen (secondary N) is 1. The average Bonchev–Trinajstić information content (AvgIpc) is 2.97. The van der Waals surface area contributed by atoms with Gasteiger partial charge in [-0.1, -0.05) is 36.2 Å². The number of carbonyl (C=O) groups excluding carboxylic acids is 1. The van der Waals surface area contributed by atoms with Crippen molar-refractivity contribution in [1.29, 1.82) is 0 Å². The van der Waals surface area contributed by atoms with E-state index in [1.54, 1.807) is 24.1 Å². The van der Waals surface area contributed by atoms with Crippen LogP contribution in [-0.2, 0) is 18.9 Å². The van der Waals surface area contributed by atoms with Gasteiger partial charge in [-0.15, -0.1) is 0 Å². The van der Waals surface area contributed by atoms with Crippen molar-refractivity contribution in [3.05, 3.63) is 70.3 Å². The molecule has 1 saturated heterocycles.